The minimum atomic E-state index is -0.360. The summed E-state index contributed by atoms with van der Waals surface area (Å²) in [5.74, 6) is -0.360. The molecule has 16 heavy (non-hydrogen) atoms. The van der Waals surface area contributed by atoms with Gasteiger partial charge in [0, 0.05) is 23.8 Å². The van der Waals surface area contributed by atoms with Crippen molar-refractivity contribution < 1.29 is 4.79 Å². The van der Waals surface area contributed by atoms with Crippen LogP contribution < -0.4 is 16.4 Å². The van der Waals surface area contributed by atoms with Crippen LogP contribution in [0.4, 0.5) is 5.69 Å². The fourth-order valence-corrected chi connectivity index (χ4v) is 1.72. The number of benzene rings is 1. The number of nitrogens with two attached hydrogens (primary N) is 2. The van der Waals surface area contributed by atoms with E-state index in [1.54, 1.807) is 6.07 Å². The van der Waals surface area contributed by atoms with E-state index in [1.165, 1.54) is 0 Å². The van der Waals surface area contributed by atoms with E-state index in [2.05, 4.69) is 0 Å². The van der Waals surface area contributed by atoms with E-state index in [9.17, 15) is 4.79 Å². The van der Waals surface area contributed by atoms with Crippen LogP contribution in [0.1, 0.15) is 12.5 Å². The summed E-state index contributed by atoms with van der Waals surface area (Å²) in [5, 5.41) is 0.614. The smallest absolute Gasteiger partial charge is 0.236 e. The Kier molecular flexibility index (Phi) is 4.58. The van der Waals surface area contributed by atoms with Crippen LogP contribution in [0.2, 0.25) is 5.02 Å². The molecule has 0 radical (unpaired) electrons. The Morgan fingerprint density at radius 3 is 2.62 bits per heavy atom. The van der Waals surface area contributed by atoms with E-state index >= 15 is 0 Å². The Hall–Kier alpha value is -1.26. The highest BCUT2D eigenvalue weighted by molar-refractivity contribution is 6.31. The summed E-state index contributed by atoms with van der Waals surface area (Å²) in [6, 6.07) is 5.55. The third-order valence-corrected chi connectivity index (χ3v) is 2.70. The molecule has 0 aliphatic heterocycles. The lowest BCUT2D eigenvalue weighted by atomic mass is 10.2. The summed E-state index contributed by atoms with van der Waals surface area (Å²) in [6.07, 6.45) is 0. The fraction of sp³-hybridized carbons (Fsp3) is 0.364. The number of halogens is 1. The highest BCUT2D eigenvalue weighted by Crippen LogP contribution is 2.23. The molecular formula is C11H16ClN3O. The maximum absolute atomic E-state index is 10.9. The topological polar surface area (TPSA) is 72.3 Å². The second-order valence-corrected chi connectivity index (χ2v) is 3.87. The van der Waals surface area contributed by atoms with Crippen LogP contribution in [0.25, 0.3) is 0 Å². The van der Waals surface area contributed by atoms with Crippen molar-refractivity contribution in [2.24, 2.45) is 11.5 Å². The number of hydrogen-bond donors (Lipinski definition) is 2. The maximum atomic E-state index is 10.9. The van der Waals surface area contributed by atoms with Crippen molar-refractivity contribution in [3.8, 4) is 0 Å². The largest absolute Gasteiger partial charge is 0.368 e. The van der Waals surface area contributed by atoms with Crippen LogP contribution in [0, 0.1) is 0 Å². The summed E-state index contributed by atoms with van der Waals surface area (Å²) in [7, 11) is 0. The third-order valence-electron chi connectivity index (χ3n) is 2.35. The van der Waals surface area contributed by atoms with Crippen molar-refractivity contribution >= 4 is 23.2 Å². The lowest BCUT2D eigenvalue weighted by molar-refractivity contribution is -0.116. The molecule has 1 aromatic rings. The van der Waals surface area contributed by atoms with Crippen molar-refractivity contribution in [3.05, 3.63) is 28.8 Å². The quantitative estimate of drug-likeness (QED) is 0.811. The van der Waals surface area contributed by atoms with Crippen molar-refractivity contribution in [2.45, 2.75) is 13.5 Å². The molecule has 1 aromatic carbocycles. The van der Waals surface area contributed by atoms with Crippen LogP contribution in [0.15, 0.2) is 18.2 Å². The summed E-state index contributed by atoms with van der Waals surface area (Å²) in [5.41, 5.74) is 12.5. The zero-order chi connectivity index (χ0) is 12.1. The van der Waals surface area contributed by atoms with Gasteiger partial charge >= 0.3 is 0 Å². The van der Waals surface area contributed by atoms with Crippen LogP contribution >= 0.6 is 11.6 Å². The molecule has 0 spiro atoms. The standard InChI is InChI=1S/C11H16ClN3O/c1-2-15(7-11(14)16)9-4-3-8(6-13)10(12)5-9/h3-5H,2,6-7,13H2,1H3,(H2,14,16). The number of carbonyl (C=O) groups excluding carboxylic acids is 1. The number of hydrogen-bond acceptors (Lipinski definition) is 3. The predicted molar refractivity (Wildman–Crippen MR) is 66.4 cm³/mol. The van der Waals surface area contributed by atoms with Crippen LogP contribution in [-0.4, -0.2) is 19.0 Å². The molecule has 0 atom stereocenters. The molecule has 88 valence electrons. The number of nitrogens with zero attached hydrogens (tertiary/aromatic N) is 1. The van der Waals surface area contributed by atoms with Crippen LogP contribution in [0.3, 0.4) is 0 Å². The fourth-order valence-electron chi connectivity index (χ4n) is 1.47. The number of amides is 1. The van der Waals surface area contributed by atoms with E-state index in [4.69, 9.17) is 23.1 Å². The zero-order valence-electron chi connectivity index (χ0n) is 9.24. The van der Waals surface area contributed by atoms with Crippen molar-refractivity contribution in [2.75, 3.05) is 18.0 Å². The van der Waals surface area contributed by atoms with Gasteiger partial charge in [-0.05, 0) is 24.6 Å². The minimum absolute atomic E-state index is 0.189. The average molecular weight is 242 g/mol. The first-order valence-electron chi connectivity index (χ1n) is 5.10. The first-order valence-corrected chi connectivity index (χ1v) is 5.48. The van der Waals surface area contributed by atoms with E-state index < -0.39 is 0 Å². The Bertz CT molecular complexity index is 381. The van der Waals surface area contributed by atoms with E-state index in [-0.39, 0.29) is 12.5 Å². The number of primary amides is 1. The summed E-state index contributed by atoms with van der Waals surface area (Å²) in [4.78, 5) is 12.7. The van der Waals surface area contributed by atoms with Gasteiger partial charge < -0.3 is 16.4 Å². The number of likely N-dealkylation sites (N-methyl/N-ethyl adjacent to an activating group) is 1. The van der Waals surface area contributed by atoms with Crippen LogP contribution in [0.5, 0.6) is 0 Å². The molecule has 1 amide bonds. The Morgan fingerprint density at radius 1 is 1.50 bits per heavy atom. The van der Waals surface area contributed by atoms with Crippen molar-refractivity contribution in [3.63, 3.8) is 0 Å². The molecule has 5 heteroatoms. The van der Waals surface area contributed by atoms with Gasteiger partial charge in [-0.15, -0.1) is 0 Å². The molecule has 0 bridgehead atoms. The zero-order valence-corrected chi connectivity index (χ0v) is 10.00. The SMILES string of the molecule is CCN(CC(N)=O)c1ccc(CN)c(Cl)c1. The normalized spacial score (nSPS) is 10.2. The summed E-state index contributed by atoms with van der Waals surface area (Å²) < 4.78 is 0. The van der Waals surface area contributed by atoms with Gasteiger partial charge in [0.15, 0.2) is 0 Å². The average Bonchev–Trinajstić information content (AvgIpc) is 2.25. The van der Waals surface area contributed by atoms with Gasteiger partial charge in [0.2, 0.25) is 5.91 Å². The van der Waals surface area contributed by atoms with Gasteiger partial charge in [-0.25, -0.2) is 0 Å². The maximum Gasteiger partial charge on any atom is 0.236 e. The molecule has 0 aliphatic carbocycles. The molecule has 4 N–H and O–H groups in total. The van der Waals surface area contributed by atoms with Crippen LogP contribution in [-0.2, 0) is 11.3 Å². The molecule has 0 saturated carbocycles. The molecule has 0 aliphatic rings. The number of rotatable bonds is 5. The molecule has 0 aromatic heterocycles. The van der Waals surface area contributed by atoms with Gasteiger partial charge in [0.1, 0.15) is 0 Å². The van der Waals surface area contributed by atoms with E-state index in [0.717, 1.165) is 11.3 Å². The first kappa shape index (κ1) is 12.8. The predicted octanol–water partition coefficient (Wildman–Crippen LogP) is 1.11. The molecule has 0 unspecified atom stereocenters. The molecular weight excluding hydrogens is 226 g/mol. The molecule has 1 rings (SSSR count). The first-order chi connectivity index (χ1) is 7.58. The number of anilines is 1. The van der Waals surface area contributed by atoms with Crippen molar-refractivity contribution in [1.29, 1.82) is 0 Å². The second-order valence-electron chi connectivity index (χ2n) is 3.46. The van der Waals surface area contributed by atoms with E-state index in [1.807, 2.05) is 24.0 Å². The lowest BCUT2D eigenvalue weighted by Gasteiger charge is -2.22. The molecule has 4 nitrogen and oxygen atoms in total. The minimum Gasteiger partial charge on any atom is -0.368 e. The Balaban J connectivity index is 2.93. The highest BCUT2D eigenvalue weighted by Gasteiger charge is 2.09. The molecule has 0 saturated heterocycles. The van der Waals surface area contributed by atoms with E-state index in [0.29, 0.717) is 18.1 Å². The monoisotopic (exact) mass is 241 g/mol. The molecule has 0 fully saturated rings. The summed E-state index contributed by atoms with van der Waals surface area (Å²) >= 11 is 6.04. The lowest BCUT2D eigenvalue weighted by Crippen LogP contribution is -2.33. The van der Waals surface area contributed by atoms with Crippen molar-refractivity contribution in [1.82, 2.24) is 0 Å². The van der Waals surface area contributed by atoms with Gasteiger partial charge in [-0.3, -0.25) is 4.79 Å². The Labute approximate surface area is 100 Å². The molecule has 0 heterocycles. The number of carbonyl (C=O) groups is 1. The van der Waals surface area contributed by atoms with Gasteiger partial charge in [0.05, 0.1) is 6.54 Å². The highest BCUT2D eigenvalue weighted by atomic mass is 35.5. The van der Waals surface area contributed by atoms with Gasteiger partial charge in [-0.1, -0.05) is 17.7 Å². The van der Waals surface area contributed by atoms with Gasteiger partial charge in [0.25, 0.3) is 0 Å². The second kappa shape index (κ2) is 5.72. The van der Waals surface area contributed by atoms with Gasteiger partial charge in [-0.2, -0.15) is 0 Å². The Morgan fingerprint density at radius 2 is 2.19 bits per heavy atom. The summed E-state index contributed by atoms with van der Waals surface area (Å²) in [6.45, 7) is 3.24. The third kappa shape index (κ3) is 3.12.